The molecule has 8 heteroatoms. The number of aromatic nitrogens is 1. The number of anilines is 1. The molecule has 1 aliphatic rings. The number of hydrogen-bond acceptors (Lipinski definition) is 4. The molecule has 0 aliphatic heterocycles. The fourth-order valence-corrected chi connectivity index (χ4v) is 1.92. The lowest BCUT2D eigenvalue weighted by Crippen LogP contribution is -2.38. The number of rotatable bonds is 3. The number of hydrogen-bond donors (Lipinski definition) is 2. The third-order valence-corrected chi connectivity index (χ3v) is 3.27. The van der Waals surface area contributed by atoms with Gasteiger partial charge in [-0.3, -0.25) is 0 Å². The van der Waals surface area contributed by atoms with E-state index in [2.05, 4.69) is 10.3 Å². The fraction of sp³-hybridized carbons (Fsp3) is 0.333. The van der Waals surface area contributed by atoms with Gasteiger partial charge in [0.15, 0.2) is 5.58 Å². The van der Waals surface area contributed by atoms with Crippen molar-refractivity contribution >= 4 is 23.1 Å². The van der Waals surface area contributed by atoms with Crippen molar-refractivity contribution in [2.45, 2.75) is 24.6 Å². The van der Waals surface area contributed by atoms with Crippen molar-refractivity contribution in [1.82, 2.24) is 4.98 Å². The summed E-state index contributed by atoms with van der Waals surface area (Å²) < 4.78 is 43.5. The highest BCUT2D eigenvalue weighted by molar-refractivity contribution is 5.92. The number of nitrogens with one attached hydrogen (secondary N) is 1. The van der Waals surface area contributed by atoms with Crippen molar-refractivity contribution in [3.8, 4) is 0 Å². The molecule has 0 amide bonds. The predicted octanol–water partition coefficient (Wildman–Crippen LogP) is 3.03. The second-order valence-corrected chi connectivity index (χ2v) is 4.71. The van der Waals surface area contributed by atoms with Crippen LogP contribution in [0, 0.1) is 0 Å². The number of alkyl halides is 3. The van der Waals surface area contributed by atoms with Crippen molar-refractivity contribution in [2.75, 3.05) is 5.32 Å². The van der Waals surface area contributed by atoms with E-state index in [0.717, 1.165) is 0 Å². The Balaban J connectivity index is 1.92. The summed E-state index contributed by atoms with van der Waals surface area (Å²) in [5, 5.41) is 11.1. The van der Waals surface area contributed by atoms with Crippen LogP contribution in [0.3, 0.4) is 0 Å². The van der Waals surface area contributed by atoms with Gasteiger partial charge in [0.05, 0.1) is 5.56 Å². The number of halogens is 3. The number of nitrogens with zero attached hydrogens (tertiary/aromatic N) is 1. The number of fused-ring (bicyclic) bond motifs is 1. The molecule has 0 saturated heterocycles. The number of carbonyl (C=O) groups is 1. The maximum atomic E-state index is 12.8. The third kappa shape index (κ3) is 1.97. The number of carboxylic acid groups (broad SMARTS) is 1. The molecule has 0 radical (unpaired) electrons. The van der Waals surface area contributed by atoms with Crippen LogP contribution in [0.25, 0.3) is 11.1 Å². The third-order valence-electron chi connectivity index (χ3n) is 3.27. The van der Waals surface area contributed by atoms with Gasteiger partial charge in [0.1, 0.15) is 11.1 Å². The molecule has 3 rings (SSSR count). The summed E-state index contributed by atoms with van der Waals surface area (Å²) >= 11 is 0. The van der Waals surface area contributed by atoms with Gasteiger partial charge >= 0.3 is 12.1 Å². The lowest BCUT2D eigenvalue weighted by molar-refractivity contribution is -0.151. The Morgan fingerprint density at radius 1 is 1.40 bits per heavy atom. The lowest BCUT2D eigenvalue weighted by atomic mass is 10.2. The Bertz CT molecular complexity index is 689. The van der Waals surface area contributed by atoms with E-state index in [1.807, 2.05) is 0 Å². The minimum Gasteiger partial charge on any atom is -0.478 e. The van der Waals surface area contributed by atoms with Crippen molar-refractivity contribution in [1.29, 1.82) is 0 Å². The van der Waals surface area contributed by atoms with E-state index in [1.165, 1.54) is 18.2 Å². The largest absolute Gasteiger partial charge is 0.478 e. The van der Waals surface area contributed by atoms with Gasteiger partial charge in [-0.15, -0.1) is 0 Å². The van der Waals surface area contributed by atoms with Gasteiger partial charge in [-0.05, 0) is 31.0 Å². The minimum absolute atomic E-state index is 0.0165. The standard InChI is InChI=1S/C12H9F3N2O3/c13-12(14,15)11(3-4-11)17-10-16-7-2-1-6(9(18)19)5-8(7)20-10/h1-2,5H,3-4H2,(H,16,17)(H,18,19). The SMILES string of the molecule is O=C(O)c1ccc2nc(NC3(C(F)(F)F)CC3)oc2c1. The second-order valence-electron chi connectivity index (χ2n) is 4.71. The first-order valence-electron chi connectivity index (χ1n) is 5.80. The Kier molecular flexibility index (Phi) is 2.47. The molecule has 20 heavy (non-hydrogen) atoms. The topological polar surface area (TPSA) is 75.4 Å². The number of oxazole rings is 1. The summed E-state index contributed by atoms with van der Waals surface area (Å²) in [6.45, 7) is 0. The molecule has 0 unspecified atom stereocenters. The summed E-state index contributed by atoms with van der Waals surface area (Å²) in [6.07, 6.45) is -4.44. The van der Waals surface area contributed by atoms with Gasteiger partial charge in [0.2, 0.25) is 0 Å². The van der Waals surface area contributed by atoms with Crippen molar-refractivity contribution in [3.05, 3.63) is 23.8 Å². The summed E-state index contributed by atoms with van der Waals surface area (Å²) in [5.74, 6) is -1.15. The molecular formula is C12H9F3N2O3. The maximum Gasteiger partial charge on any atom is 0.411 e. The Labute approximate surface area is 110 Å². The van der Waals surface area contributed by atoms with E-state index in [9.17, 15) is 18.0 Å². The first-order chi connectivity index (χ1) is 9.31. The van der Waals surface area contributed by atoms with Crippen LogP contribution in [-0.2, 0) is 0 Å². The zero-order chi connectivity index (χ0) is 14.5. The van der Waals surface area contributed by atoms with E-state index in [4.69, 9.17) is 9.52 Å². The van der Waals surface area contributed by atoms with Gasteiger partial charge in [0.25, 0.3) is 6.01 Å². The summed E-state index contributed by atoms with van der Waals surface area (Å²) in [5.41, 5.74) is -1.55. The van der Waals surface area contributed by atoms with Crippen molar-refractivity contribution < 1.29 is 27.5 Å². The number of aromatic carboxylic acids is 1. The van der Waals surface area contributed by atoms with Crippen LogP contribution in [0.1, 0.15) is 23.2 Å². The zero-order valence-electron chi connectivity index (χ0n) is 9.99. The van der Waals surface area contributed by atoms with E-state index in [-0.39, 0.29) is 30.0 Å². The van der Waals surface area contributed by atoms with Crippen LogP contribution in [0.5, 0.6) is 0 Å². The second kappa shape index (κ2) is 3.87. The summed E-state index contributed by atoms with van der Waals surface area (Å²) in [4.78, 5) is 14.7. The van der Waals surface area contributed by atoms with Crippen LogP contribution >= 0.6 is 0 Å². The molecular weight excluding hydrogens is 277 g/mol. The molecule has 0 bridgehead atoms. The molecule has 2 N–H and O–H groups in total. The van der Waals surface area contributed by atoms with E-state index >= 15 is 0 Å². The molecule has 0 spiro atoms. The smallest absolute Gasteiger partial charge is 0.411 e. The molecule has 1 aromatic heterocycles. The van der Waals surface area contributed by atoms with Crippen LogP contribution in [-0.4, -0.2) is 27.8 Å². The van der Waals surface area contributed by atoms with Gasteiger partial charge in [-0.1, -0.05) is 0 Å². The monoisotopic (exact) mass is 286 g/mol. The highest BCUT2D eigenvalue weighted by Gasteiger charge is 2.64. The van der Waals surface area contributed by atoms with Gasteiger partial charge in [-0.2, -0.15) is 18.2 Å². The molecule has 106 valence electrons. The molecule has 1 fully saturated rings. The van der Waals surface area contributed by atoms with Crippen molar-refractivity contribution in [2.24, 2.45) is 0 Å². The molecule has 0 atom stereocenters. The first kappa shape index (κ1) is 12.8. The summed E-state index contributed by atoms with van der Waals surface area (Å²) in [6, 6.07) is 3.68. The van der Waals surface area contributed by atoms with Gasteiger partial charge < -0.3 is 14.8 Å². The molecule has 1 aromatic carbocycles. The van der Waals surface area contributed by atoms with E-state index in [0.29, 0.717) is 5.52 Å². The normalized spacial score (nSPS) is 17.1. The quantitative estimate of drug-likeness (QED) is 0.907. The van der Waals surface area contributed by atoms with Crippen LogP contribution in [0.15, 0.2) is 22.6 Å². The Morgan fingerprint density at radius 3 is 2.65 bits per heavy atom. The molecule has 1 aliphatic carbocycles. The number of carboxylic acids is 1. The van der Waals surface area contributed by atoms with Crippen molar-refractivity contribution in [3.63, 3.8) is 0 Å². The lowest BCUT2D eigenvalue weighted by Gasteiger charge is -2.19. The molecule has 5 nitrogen and oxygen atoms in total. The minimum atomic E-state index is -4.38. The van der Waals surface area contributed by atoms with Gasteiger partial charge in [0, 0.05) is 0 Å². The van der Waals surface area contributed by atoms with E-state index < -0.39 is 17.7 Å². The molecule has 1 saturated carbocycles. The van der Waals surface area contributed by atoms with E-state index in [1.54, 1.807) is 0 Å². The average Bonchev–Trinajstić information content (AvgIpc) is 3.02. The maximum absolute atomic E-state index is 12.8. The van der Waals surface area contributed by atoms with Gasteiger partial charge in [-0.25, -0.2) is 4.79 Å². The Hall–Kier alpha value is -2.25. The number of benzene rings is 1. The average molecular weight is 286 g/mol. The molecule has 2 aromatic rings. The highest BCUT2D eigenvalue weighted by Crippen LogP contribution is 2.51. The van der Waals surface area contributed by atoms with Crippen LogP contribution < -0.4 is 5.32 Å². The Morgan fingerprint density at radius 2 is 2.10 bits per heavy atom. The predicted molar refractivity (Wildman–Crippen MR) is 62.6 cm³/mol. The molecule has 1 heterocycles. The summed E-state index contributed by atoms with van der Waals surface area (Å²) in [7, 11) is 0. The highest BCUT2D eigenvalue weighted by atomic mass is 19.4. The fourth-order valence-electron chi connectivity index (χ4n) is 1.92. The zero-order valence-corrected chi connectivity index (χ0v) is 9.99. The van der Waals surface area contributed by atoms with Crippen LogP contribution in [0.4, 0.5) is 19.2 Å². The van der Waals surface area contributed by atoms with Crippen LogP contribution in [0.2, 0.25) is 0 Å². The first-order valence-corrected chi connectivity index (χ1v) is 5.80.